The van der Waals surface area contributed by atoms with Crippen LogP contribution in [0.25, 0.3) is 0 Å². The second kappa shape index (κ2) is 11.1. The number of hydrogen-bond donors (Lipinski definition) is 0. The molecule has 0 heterocycles. The Labute approximate surface area is 144 Å². The third-order valence-corrected chi connectivity index (χ3v) is 3.87. The summed E-state index contributed by atoms with van der Waals surface area (Å²) < 4.78 is 70.0. The van der Waals surface area contributed by atoms with Gasteiger partial charge in [0.05, 0.1) is 0 Å². The highest BCUT2D eigenvalue weighted by molar-refractivity contribution is 5.72. The number of rotatable bonds is 11. The number of halogens is 5. The molecule has 0 amide bonds. The van der Waals surface area contributed by atoms with Crippen LogP contribution in [0.2, 0.25) is 0 Å². The number of carbonyl (C=O) groups excluding carboxylic acids is 1. The van der Waals surface area contributed by atoms with Crippen molar-refractivity contribution in [2.75, 3.05) is 0 Å². The van der Waals surface area contributed by atoms with E-state index in [2.05, 4.69) is 11.7 Å². The maximum absolute atomic E-state index is 13.4. The van der Waals surface area contributed by atoms with E-state index in [0.29, 0.717) is 6.42 Å². The molecule has 0 unspecified atom stereocenters. The minimum atomic E-state index is -2.28. The van der Waals surface area contributed by atoms with Gasteiger partial charge in [-0.15, -0.1) is 0 Å². The van der Waals surface area contributed by atoms with Crippen LogP contribution in [0.5, 0.6) is 5.75 Å². The smallest absolute Gasteiger partial charge is 0.311 e. The molecular weight excluding hydrogens is 343 g/mol. The Morgan fingerprint density at radius 1 is 0.680 bits per heavy atom. The molecule has 0 aliphatic heterocycles. The van der Waals surface area contributed by atoms with Gasteiger partial charge in [0.15, 0.2) is 0 Å². The van der Waals surface area contributed by atoms with Gasteiger partial charge in [0.25, 0.3) is 0 Å². The van der Waals surface area contributed by atoms with E-state index >= 15 is 0 Å². The summed E-state index contributed by atoms with van der Waals surface area (Å²) in [5, 5.41) is 0. The SMILES string of the molecule is CCCCCCCCCCCC(=O)Oc1c(F)c(F)c(F)c(F)c1F. The van der Waals surface area contributed by atoms with Gasteiger partial charge in [0.1, 0.15) is 0 Å². The molecule has 7 heteroatoms. The second-order valence-corrected chi connectivity index (χ2v) is 5.95. The van der Waals surface area contributed by atoms with Gasteiger partial charge in [0.2, 0.25) is 34.8 Å². The van der Waals surface area contributed by atoms with Gasteiger partial charge in [-0.2, -0.15) is 8.78 Å². The van der Waals surface area contributed by atoms with E-state index in [9.17, 15) is 26.7 Å². The molecule has 25 heavy (non-hydrogen) atoms. The molecule has 2 nitrogen and oxygen atoms in total. The standard InChI is InChI=1S/C18H23F5O2/c1-2-3-4-5-6-7-8-9-10-11-12(24)25-18-16(22)14(20)13(19)15(21)17(18)23/h2-11H2,1H3. The largest absolute Gasteiger partial charge is 0.420 e. The fourth-order valence-electron chi connectivity index (χ4n) is 2.42. The average molecular weight is 366 g/mol. The number of ether oxygens (including phenoxy) is 1. The van der Waals surface area contributed by atoms with Crippen molar-refractivity contribution in [2.24, 2.45) is 0 Å². The fraction of sp³-hybridized carbons (Fsp3) is 0.611. The molecule has 1 aromatic rings. The summed E-state index contributed by atoms with van der Waals surface area (Å²) in [4.78, 5) is 11.5. The molecular formula is C18H23F5O2. The normalized spacial score (nSPS) is 11.0. The van der Waals surface area contributed by atoms with E-state index in [0.717, 1.165) is 25.7 Å². The lowest BCUT2D eigenvalue weighted by atomic mass is 10.1. The van der Waals surface area contributed by atoms with Gasteiger partial charge in [-0.05, 0) is 6.42 Å². The van der Waals surface area contributed by atoms with Crippen LogP contribution in [0.3, 0.4) is 0 Å². The zero-order chi connectivity index (χ0) is 18.8. The van der Waals surface area contributed by atoms with E-state index in [1.807, 2.05) is 0 Å². The molecule has 1 rings (SSSR count). The molecule has 0 aromatic heterocycles. The van der Waals surface area contributed by atoms with Gasteiger partial charge >= 0.3 is 5.97 Å². The first-order valence-corrected chi connectivity index (χ1v) is 8.62. The predicted octanol–water partition coefficient (Wildman–Crippen LogP) is 6.21. The number of benzene rings is 1. The minimum absolute atomic E-state index is 0.144. The van der Waals surface area contributed by atoms with Crippen LogP contribution in [-0.2, 0) is 4.79 Å². The minimum Gasteiger partial charge on any atom is -0.420 e. The molecule has 0 fully saturated rings. The Morgan fingerprint density at radius 3 is 1.56 bits per heavy atom. The molecule has 0 saturated heterocycles. The Hall–Kier alpha value is -1.66. The lowest BCUT2D eigenvalue weighted by Gasteiger charge is -2.08. The van der Waals surface area contributed by atoms with Crippen LogP contribution in [0.1, 0.15) is 71.1 Å². The number of carbonyl (C=O) groups is 1. The highest BCUT2D eigenvalue weighted by Crippen LogP contribution is 2.29. The molecule has 0 saturated carbocycles. The number of hydrogen-bond acceptors (Lipinski definition) is 2. The molecule has 142 valence electrons. The molecule has 0 radical (unpaired) electrons. The summed E-state index contributed by atoms with van der Waals surface area (Å²) >= 11 is 0. The molecule has 0 aliphatic carbocycles. The summed E-state index contributed by atoms with van der Waals surface area (Å²) in [7, 11) is 0. The van der Waals surface area contributed by atoms with Crippen LogP contribution >= 0.6 is 0 Å². The Bertz CT molecular complexity index is 546. The van der Waals surface area contributed by atoms with Gasteiger partial charge in [-0.3, -0.25) is 4.79 Å². The summed E-state index contributed by atoms with van der Waals surface area (Å²) in [6.07, 6.45) is 8.90. The first-order valence-electron chi connectivity index (χ1n) is 8.62. The number of unbranched alkanes of at least 4 members (excludes halogenated alkanes) is 8. The van der Waals surface area contributed by atoms with Crippen molar-refractivity contribution in [3.8, 4) is 5.75 Å². The van der Waals surface area contributed by atoms with Crippen molar-refractivity contribution in [3.63, 3.8) is 0 Å². The van der Waals surface area contributed by atoms with Gasteiger partial charge < -0.3 is 4.74 Å². The van der Waals surface area contributed by atoms with Crippen LogP contribution in [0, 0.1) is 29.1 Å². The van der Waals surface area contributed by atoms with E-state index in [1.54, 1.807) is 0 Å². The van der Waals surface area contributed by atoms with Crippen LogP contribution in [0.15, 0.2) is 0 Å². The van der Waals surface area contributed by atoms with Gasteiger partial charge in [-0.1, -0.05) is 58.3 Å². The lowest BCUT2D eigenvalue weighted by molar-refractivity contribution is -0.135. The summed E-state index contributed by atoms with van der Waals surface area (Å²) in [6.45, 7) is 2.14. The first kappa shape index (κ1) is 21.4. The molecule has 0 N–H and O–H groups in total. The average Bonchev–Trinajstić information content (AvgIpc) is 2.60. The van der Waals surface area contributed by atoms with E-state index in [1.165, 1.54) is 25.7 Å². The van der Waals surface area contributed by atoms with E-state index < -0.39 is 40.8 Å². The van der Waals surface area contributed by atoms with Crippen molar-refractivity contribution in [1.82, 2.24) is 0 Å². The van der Waals surface area contributed by atoms with Crippen molar-refractivity contribution in [3.05, 3.63) is 29.1 Å². The van der Waals surface area contributed by atoms with E-state index in [-0.39, 0.29) is 6.42 Å². The first-order chi connectivity index (χ1) is 11.9. The zero-order valence-corrected chi connectivity index (χ0v) is 14.3. The summed E-state index contributed by atoms with van der Waals surface area (Å²) in [5.41, 5.74) is 0. The molecule has 0 spiro atoms. The Kier molecular flexibility index (Phi) is 9.45. The predicted molar refractivity (Wildman–Crippen MR) is 83.7 cm³/mol. The summed E-state index contributed by atoms with van der Waals surface area (Å²) in [5.74, 6) is -13.4. The Balaban J connectivity index is 2.34. The fourth-order valence-corrected chi connectivity index (χ4v) is 2.42. The zero-order valence-electron chi connectivity index (χ0n) is 14.3. The van der Waals surface area contributed by atoms with Crippen LogP contribution < -0.4 is 4.74 Å². The second-order valence-electron chi connectivity index (χ2n) is 5.95. The maximum Gasteiger partial charge on any atom is 0.311 e. The Morgan fingerprint density at radius 2 is 1.08 bits per heavy atom. The lowest BCUT2D eigenvalue weighted by Crippen LogP contribution is -2.13. The molecule has 0 aliphatic rings. The van der Waals surface area contributed by atoms with E-state index in [4.69, 9.17) is 0 Å². The van der Waals surface area contributed by atoms with Crippen LogP contribution in [0.4, 0.5) is 22.0 Å². The van der Waals surface area contributed by atoms with Crippen LogP contribution in [-0.4, -0.2) is 5.97 Å². The highest BCUT2D eigenvalue weighted by Gasteiger charge is 2.28. The third-order valence-electron chi connectivity index (χ3n) is 3.87. The monoisotopic (exact) mass is 366 g/mol. The molecule has 0 bridgehead atoms. The quantitative estimate of drug-likeness (QED) is 0.116. The van der Waals surface area contributed by atoms with Crippen molar-refractivity contribution in [2.45, 2.75) is 71.1 Å². The molecule has 0 atom stereocenters. The topological polar surface area (TPSA) is 26.3 Å². The third kappa shape index (κ3) is 6.63. The van der Waals surface area contributed by atoms with Crippen molar-refractivity contribution < 1.29 is 31.5 Å². The molecule has 1 aromatic carbocycles. The highest BCUT2D eigenvalue weighted by atomic mass is 19.2. The van der Waals surface area contributed by atoms with Gasteiger partial charge in [0, 0.05) is 6.42 Å². The number of esters is 1. The van der Waals surface area contributed by atoms with Crippen molar-refractivity contribution >= 4 is 5.97 Å². The summed E-state index contributed by atoms with van der Waals surface area (Å²) in [6, 6.07) is 0. The maximum atomic E-state index is 13.4. The van der Waals surface area contributed by atoms with Gasteiger partial charge in [-0.25, -0.2) is 13.2 Å². The van der Waals surface area contributed by atoms with Crippen molar-refractivity contribution in [1.29, 1.82) is 0 Å².